The van der Waals surface area contributed by atoms with E-state index < -0.39 is 17.9 Å². The molecule has 0 N–H and O–H groups in total. The zero-order valence-electron chi connectivity index (χ0n) is 31.1. The normalized spacial score (nSPS) is 13.2. The summed E-state index contributed by atoms with van der Waals surface area (Å²) in [5, 5.41) is 0. The summed E-state index contributed by atoms with van der Waals surface area (Å²) in [6, 6.07) is 0. The Labute approximate surface area is 287 Å². The standard InChI is InChI=1S/C38H71NO8/c1-7-11-13-15-17-21-25-44-36(41)27-39(28-37(42)45-26-22-18-16-14-12-8-2)29-38(43)46-30-32(5)23-19-20-24-34(33(6)9-3)31-47-35(40)10-4/h32-34H,7-31H2,1-6H3. The number of nitrogens with zero attached hydrogens (tertiary/aromatic N) is 1. The van der Waals surface area contributed by atoms with Gasteiger partial charge in [-0.15, -0.1) is 0 Å². The summed E-state index contributed by atoms with van der Waals surface area (Å²) in [5.41, 5.74) is 0. The molecule has 3 atom stereocenters. The molecule has 0 aliphatic carbocycles. The van der Waals surface area contributed by atoms with Crippen LogP contribution >= 0.6 is 0 Å². The van der Waals surface area contributed by atoms with Crippen molar-refractivity contribution in [2.75, 3.05) is 46.1 Å². The molecule has 0 fully saturated rings. The molecule has 0 aliphatic rings. The number of unbranched alkanes of at least 4 members (excludes halogenated alkanes) is 11. The summed E-state index contributed by atoms with van der Waals surface area (Å²) in [7, 11) is 0. The van der Waals surface area contributed by atoms with Gasteiger partial charge in [-0.05, 0) is 43.4 Å². The Morgan fingerprint density at radius 2 is 0.957 bits per heavy atom. The zero-order chi connectivity index (χ0) is 35.1. The first-order valence-electron chi connectivity index (χ1n) is 19.0. The minimum Gasteiger partial charge on any atom is -0.465 e. The largest absolute Gasteiger partial charge is 0.465 e. The molecule has 0 heterocycles. The molecule has 0 saturated heterocycles. The van der Waals surface area contributed by atoms with Gasteiger partial charge in [0.2, 0.25) is 0 Å². The summed E-state index contributed by atoms with van der Waals surface area (Å²) in [6.07, 6.45) is 18.5. The second kappa shape index (κ2) is 31.1. The van der Waals surface area contributed by atoms with Crippen molar-refractivity contribution < 1.29 is 38.1 Å². The fraction of sp³-hybridized carbons (Fsp3) is 0.895. The van der Waals surface area contributed by atoms with Crippen LogP contribution in [0.1, 0.15) is 157 Å². The first kappa shape index (κ1) is 44.8. The van der Waals surface area contributed by atoms with Crippen LogP contribution in [0.4, 0.5) is 0 Å². The van der Waals surface area contributed by atoms with Gasteiger partial charge >= 0.3 is 23.9 Å². The lowest BCUT2D eigenvalue weighted by Gasteiger charge is -2.23. The molecule has 0 spiro atoms. The van der Waals surface area contributed by atoms with Gasteiger partial charge in [0.15, 0.2) is 0 Å². The third-order valence-corrected chi connectivity index (χ3v) is 8.83. The van der Waals surface area contributed by atoms with Gasteiger partial charge in [0, 0.05) is 6.42 Å². The van der Waals surface area contributed by atoms with Crippen LogP contribution in [0.25, 0.3) is 0 Å². The van der Waals surface area contributed by atoms with E-state index in [0.29, 0.717) is 38.1 Å². The molecule has 0 saturated carbocycles. The van der Waals surface area contributed by atoms with Gasteiger partial charge in [0.05, 0.1) is 46.1 Å². The van der Waals surface area contributed by atoms with Gasteiger partial charge in [0.25, 0.3) is 0 Å². The topological polar surface area (TPSA) is 108 Å². The van der Waals surface area contributed by atoms with Crippen molar-refractivity contribution in [1.82, 2.24) is 4.90 Å². The third-order valence-electron chi connectivity index (χ3n) is 8.83. The molecule has 3 unspecified atom stereocenters. The first-order valence-corrected chi connectivity index (χ1v) is 19.0. The van der Waals surface area contributed by atoms with Crippen molar-refractivity contribution in [3.8, 4) is 0 Å². The quantitative estimate of drug-likeness (QED) is 0.0396. The fourth-order valence-electron chi connectivity index (χ4n) is 5.37. The number of carbonyl (C=O) groups excluding carboxylic acids is 4. The Morgan fingerprint density at radius 3 is 1.45 bits per heavy atom. The maximum atomic E-state index is 12.8. The molecule has 47 heavy (non-hydrogen) atoms. The number of ether oxygens (including phenoxy) is 4. The summed E-state index contributed by atoms with van der Waals surface area (Å²) >= 11 is 0. The molecule has 0 aromatic rings. The number of esters is 4. The molecule has 9 heteroatoms. The molecule has 0 radical (unpaired) electrons. The van der Waals surface area contributed by atoms with Gasteiger partial charge in [-0.2, -0.15) is 0 Å². The van der Waals surface area contributed by atoms with E-state index in [2.05, 4.69) is 34.6 Å². The van der Waals surface area contributed by atoms with E-state index in [-0.39, 0.29) is 38.1 Å². The van der Waals surface area contributed by atoms with E-state index in [9.17, 15) is 19.2 Å². The average molecular weight is 670 g/mol. The molecule has 0 bridgehead atoms. The molecule has 9 nitrogen and oxygen atoms in total. The van der Waals surface area contributed by atoms with Crippen LogP contribution < -0.4 is 0 Å². The van der Waals surface area contributed by atoms with Crippen LogP contribution in [0.15, 0.2) is 0 Å². The Bertz CT molecular complexity index is 773. The van der Waals surface area contributed by atoms with Crippen molar-refractivity contribution in [3.63, 3.8) is 0 Å². The molecular formula is C38H71NO8. The highest BCUT2D eigenvalue weighted by atomic mass is 16.5. The van der Waals surface area contributed by atoms with Crippen molar-refractivity contribution in [3.05, 3.63) is 0 Å². The van der Waals surface area contributed by atoms with E-state index in [1.54, 1.807) is 0 Å². The summed E-state index contributed by atoms with van der Waals surface area (Å²) in [5.74, 6) is -0.517. The monoisotopic (exact) mass is 670 g/mol. The molecule has 0 rings (SSSR count). The van der Waals surface area contributed by atoms with Crippen molar-refractivity contribution in [1.29, 1.82) is 0 Å². The smallest absolute Gasteiger partial charge is 0.320 e. The molecule has 276 valence electrons. The van der Waals surface area contributed by atoms with Crippen LogP contribution in [0.3, 0.4) is 0 Å². The molecule has 0 aliphatic heterocycles. The highest BCUT2D eigenvalue weighted by Crippen LogP contribution is 2.23. The lowest BCUT2D eigenvalue weighted by Crippen LogP contribution is -2.40. The zero-order valence-corrected chi connectivity index (χ0v) is 31.1. The summed E-state index contributed by atoms with van der Waals surface area (Å²) < 4.78 is 21.8. The predicted octanol–water partition coefficient (Wildman–Crippen LogP) is 8.45. The highest BCUT2D eigenvalue weighted by Gasteiger charge is 2.21. The Hall–Kier alpha value is -2.16. The number of hydrogen-bond acceptors (Lipinski definition) is 9. The van der Waals surface area contributed by atoms with Crippen LogP contribution in [0.5, 0.6) is 0 Å². The lowest BCUT2D eigenvalue weighted by atomic mass is 9.87. The number of carbonyl (C=O) groups is 4. The number of hydrogen-bond donors (Lipinski definition) is 0. The van der Waals surface area contributed by atoms with Gasteiger partial charge in [-0.25, -0.2) is 0 Å². The Morgan fingerprint density at radius 1 is 0.511 bits per heavy atom. The summed E-state index contributed by atoms with van der Waals surface area (Å²) in [4.78, 5) is 50.9. The van der Waals surface area contributed by atoms with Gasteiger partial charge < -0.3 is 18.9 Å². The van der Waals surface area contributed by atoms with Crippen molar-refractivity contribution in [2.45, 2.75) is 157 Å². The van der Waals surface area contributed by atoms with Crippen molar-refractivity contribution >= 4 is 23.9 Å². The lowest BCUT2D eigenvalue weighted by molar-refractivity contribution is -0.152. The predicted molar refractivity (Wildman–Crippen MR) is 188 cm³/mol. The fourth-order valence-corrected chi connectivity index (χ4v) is 5.37. The van der Waals surface area contributed by atoms with E-state index in [1.807, 2.05) is 6.92 Å². The van der Waals surface area contributed by atoms with E-state index in [1.165, 1.54) is 43.4 Å². The van der Waals surface area contributed by atoms with Crippen LogP contribution in [-0.4, -0.2) is 74.8 Å². The van der Waals surface area contributed by atoms with Gasteiger partial charge in [0.1, 0.15) is 0 Å². The van der Waals surface area contributed by atoms with Gasteiger partial charge in [-0.3, -0.25) is 24.1 Å². The third kappa shape index (κ3) is 27.5. The maximum absolute atomic E-state index is 12.8. The summed E-state index contributed by atoms with van der Waals surface area (Å²) in [6.45, 7) is 13.5. The van der Waals surface area contributed by atoms with Crippen LogP contribution in [-0.2, 0) is 38.1 Å². The second-order valence-corrected chi connectivity index (χ2v) is 13.4. The molecule has 0 aromatic carbocycles. The second-order valence-electron chi connectivity index (χ2n) is 13.4. The average Bonchev–Trinajstić information content (AvgIpc) is 3.05. The Kier molecular flexibility index (Phi) is 29.7. The highest BCUT2D eigenvalue weighted by molar-refractivity contribution is 5.78. The van der Waals surface area contributed by atoms with Crippen molar-refractivity contribution in [2.24, 2.45) is 17.8 Å². The van der Waals surface area contributed by atoms with Crippen LogP contribution in [0, 0.1) is 17.8 Å². The van der Waals surface area contributed by atoms with E-state index in [4.69, 9.17) is 18.9 Å². The SMILES string of the molecule is CCCCCCCCOC(=O)CN(CC(=O)OCCCCCCCC)CC(=O)OCC(C)CCCCC(COC(=O)CC)C(C)CC. The van der Waals surface area contributed by atoms with Gasteiger partial charge in [-0.1, -0.05) is 125 Å². The minimum absolute atomic E-state index is 0.151. The van der Waals surface area contributed by atoms with Crippen LogP contribution in [0.2, 0.25) is 0 Å². The molecular weight excluding hydrogens is 598 g/mol. The first-order chi connectivity index (χ1) is 22.7. The van der Waals surface area contributed by atoms with E-state index >= 15 is 0 Å². The Balaban J connectivity index is 4.70. The maximum Gasteiger partial charge on any atom is 0.320 e. The van der Waals surface area contributed by atoms with E-state index in [0.717, 1.165) is 70.6 Å². The number of rotatable bonds is 32. The minimum atomic E-state index is -0.473. The molecule has 0 aromatic heterocycles. The molecule has 0 amide bonds.